The number of carbonyl (C=O) groups is 1. The molecule has 0 radical (unpaired) electrons. The molecule has 0 aromatic carbocycles. The van der Waals surface area contributed by atoms with Crippen LogP contribution in [0.3, 0.4) is 0 Å². The van der Waals surface area contributed by atoms with E-state index in [2.05, 4.69) is 14.8 Å². The lowest BCUT2D eigenvalue weighted by atomic mass is 10.1. The van der Waals surface area contributed by atoms with Crippen LogP contribution in [-0.4, -0.2) is 48.4 Å². The zero-order valence-corrected chi connectivity index (χ0v) is 15.8. The lowest BCUT2D eigenvalue weighted by Gasteiger charge is -2.20. The second-order valence-electron chi connectivity index (χ2n) is 6.08. The van der Waals surface area contributed by atoms with Crippen LogP contribution in [0.25, 0.3) is 5.69 Å². The highest BCUT2D eigenvalue weighted by Crippen LogP contribution is 2.28. The Morgan fingerprint density at radius 2 is 2.19 bits per heavy atom. The van der Waals surface area contributed by atoms with E-state index in [0.717, 1.165) is 11.9 Å². The molecule has 1 N–H and O–H groups in total. The summed E-state index contributed by atoms with van der Waals surface area (Å²) in [4.78, 5) is 18.2. The van der Waals surface area contributed by atoms with Crippen LogP contribution in [-0.2, 0) is 14.8 Å². The van der Waals surface area contributed by atoms with Crippen molar-refractivity contribution in [3.05, 3.63) is 48.0 Å². The normalized spacial score (nSPS) is 19.7. The van der Waals surface area contributed by atoms with Crippen molar-refractivity contribution in [2.24, 2.45) is 5.92 Å². The van der Waals surface area contributed by atoms with Gasteiger partial charge in [0, 0.05) is 19.3 Å². The van der Waals surface area contributed by atoms with E-state index in [-0.39, 0.29) is 17.1 Å². The van der Waals surface area contributed by atoms with Crippen molar-refractivity contribution in [3.8, 4) is 5.69 Å². The Hall–Kier alpha value is -2.23. The van der Waals surface area contributed by atoms with Crippen LogP contribution >= 0.6 is 11.6 Å². The molecule has 2 atom stereocenters. The average Bonchev–Trinajstić information content (AvgIpc) is 3.19. The van der Waals surface area contributed by atoms with Gasteiger partial charge < -0.3 is 4.90 Å². The van der Waals surface area contributed by atoms with Gasteiger partial charge in [-0.1, -0.05) is 23.8 Å². The number of aromatic nitrogens is 3. The van der Waals surface area contributed by atoms with Crippen LogP contribution < -0.4 is 9.62 Å². The van der Waals surface area contributed by atoms with Crippen molar-refractivity contribution in [2.45, 2.75) is 12.5 Å². The maximum absolute atomic E-state index is 12.7. The molecule has 2 aromatic heterocycles. The molecule has 1 aliphatic rings. The number of anilines is 1. The number of rotatable bonds is 5. The first-order chi connectivity index (χ1) is 12.2. The fraction of sp³-hybridized carbons (Fsp3) is 0.312. The molecule has 0 spiro atoms. The molecule has 8 nitrogen and oxygen atoms in total. The van der Waals surface area contributed by atoms with Crippen LogP contribution in [0.5, 0.6) is 0 Å². The van der Waals surface area contributed by atoms with Gasteiger partial charge >= 0.3 is 0 Å². The number of carbonyl (C=O) groups excluding carboxylic acids is 1. The molecule has 0 saturated carbocycles. The minimum absolute atomic E-state index is 0.188. The largest absolute Gasteiger partial charge is 0.311 e. The van der Waals surface area contributed by atoms with Crippen LogP contribution in [0.4, 0.5) is 5.69 Å². The van der Waals surface area contributed by atoms with E-state index in [0.29, 0.717) is 12.1 Å². The van der Waals surface area contributed by atoms with Gasteiger partial charge in [0.15, 0.2) is 5.15 Å². The highest BCUT2D eigenvalue weighted by Gasteiger charge is 2.30. The number of pyridine rings is 1. The number of nitrogens with one attached hydrogen (secondary N) is 1. The van der Waals surface area contributed by atoms with E-state index in [1.807, 2.05) is 6.07 Å². The summed E-state index contributed by atoms with van der Waals surface area (Å²) in [7, 11) is -1.71. The summed E-state index contributed by atoms with van der Waals surface area (Å²) in [6.45, 7) is 0. The first kappa shape index (κ1) is 18.6. The van der Waals surface area contributed by atoms with Crippen LogP contribution in [0, 0.1) is 5.92 Å². The first-order valence-corrected chi connectivity index (χ1v) is 10.1. The van der Waals surface area contributed by atoms with Crippen molar-refractivity contribution in [1.82, 2.24) is 19.5 Å². The van der Waals surface area contributed by atoms with Gasteiger partial charge in [0.25, 0.3) is 0 Å². The molecule has 26 heavy (non-hydrogen) atoms. The molecule has 2 unspecified atom stereocenters. The number of halogens is 1. The average molecular weight is 396 g/mol. The second-order valence-corrected chi connectivity index (χ2v) is 8.22. The first-order valence-electron chi connectivity index (χ1n) is 7.83. The molecule has 3 rings (SSSR count). The molecule has 2 heterocycles. The molecule has 0 bridgehead atoms. The van der Waals surface area contributed by atoms with Gasteiger partial charge in [0.1, 0.15) is 5.69 Å². The smallest absolute Gasteiger partial charge is 0.233 e. The fourth-order valence-corrected chi connectivity index (χ4v) is 3.78. The lowest BCUT2D eigenvalue weighted by Crippen LogP contribution is -2.35. The number of hydrogen-bond donors (Lipinski definition) is 1. The lowest BCUT2D eigenvalue weighted by molar-refractivity contribution is -0.120. The molecule has 138 valence electrons. The molecule has 10 heteroatoms. The molecule has 0 saturated heterocycles. The Morgan fingerprint density at radius 1 is 1.42 bits per heavy atom. The molecule has 0 fully saturated rings. The number of nitrogens with zero attached hydrogens (tertiary/aromatic N) is 4. The third kappa shape index (κ3) is 4.12. The minimum atomic E-state index is -3.33. The van der Waals surface area contributed by atoms with Crippen molar-refractivity contribution in [3.63, 3.8) is 0 Å². The van der Waals surface area contributed by atoms with Gasteiger partial charge in [-0.3, -0.25) is 9.78 Å². The Bertz CT molecular complexity index is 942. The van der Waals surface area contributed by atoms with E-state index in [1.54, 1.807) is 48.5 Å². The van der Waals surface area contributed by atoms with Crippen molar-refractivity contribution < 1.29 is 13.2 Å². The van der Waals surface area contributed by atoms with E-state index >= 15 is 0 Å². The molecular formula is C16H18ClN5O3S. The summed E-state index contributed by atoms with van der Waals surface area (Å²) in [6, 6.07) is 3.21. The molecule has 2 aromatic rings. The SMILES string of the molecule is CN(C(=O)C1C=CC(NS(C)(=O)=O)C1)c1cn(-c2cccnc2)nc1Cl. The standard InChI is InChI=1S/C16H18ClN5O3S/c1-21(16(23)11-5-6-12(8-11)20-26(2,24)25)14-10-22(19-15(14)17)13-4-3-7-18-9-13/h3-7,9-12,20H,8H2,1-2H3. The minimum Gasteiger partial charge on any atom is -0.311 e. The summed E-state index contributed by atoms with van der Waals surface area (Å²) in [5.41, 5.74) is 1.19. The summed E-state index contributed by atoms with van der Waals surface area (Å²) in [5.74, 6) is -0.622. The van der Waals surface area contributed by atoms with Gasteiger partial charge in [-0.05, 0) is 18.6 Å². The predicted octanol–water partition coefficient (Wildman–Crippen LogP) is 1.38. The van der Waals surface area contributed by atoms with E-state index in [1.165, 1.54) is 4.90 Å². The Kier molecular flexibility index (Phi) is 5.12. The van der Waals surface area contributed by atoms with Crippen molar-refractivity contribution in [2.75, 3.05) is 18.2 Å². The van der Waals surface area contributed by atoms with Crippen LogP contribution in [0.2, 0.25) is 5.15 Å². The van der Waals surface area contributed by atoms with E-state index in [9.17, 15) is 13.2 Å². The van der Waals surface area contributed by atoms with Crippen molar-refractivity contribution >= 4 is 33.2 Å². The van der Waals surface area contributed by atoms with Crippen LogP contribution in [0.15, 0.2) is 42.9 Å². The number of hydrogen-bond acceptors (Lipinski definition) is 5. The van der Waals surface area contributed by atoms with Gasteiger partial charge in [0.2, 0.25) is 15.9 Å². The Balaban J connectivity index is 1.74. The zero-order chi connectivity index (χ0) is 18.9. The maximum Gasteiger partial charge on any atom is 0.233 e. The molecule has 1 amide bonds. The Morgan fingerprint density at radius 3 is 2.85 bits per heavy atom. The third-order valence-electron chi connectivity index (χ3n) is 4.02. The van der Waals surface area contributed by atoms with Gasteiger partial charge in [-0.15, -0.1) is 0 Å². The van der Waals surface area contributed by atoms with E-state index in [4.69, 9.17) is 11.6 Å². The zero-order valence-electron chi connectivity index (χ0n) is 14.2. The topological polar surface area (TPSA) is 97.2 Å². The maximum atomic E-state index is 12.7. The number of sulfonamides is 1. The summed E-state index contributed by atoms with van der Waals surface area (Å²) in [5, 5.41) is 4.41. The van der Waals surface area contributed by atoms with Gasteiger partial charge in [0.05, 0.1) is 30.3 Å². The Labute approximate surface area is 156 Å². The quantitative estimate of drug-likeness (QED) is 0.771. The van der Waals surface area contributed by atoms with Gasteiger partial charge in [-0.2, -0.15) is 5.10 Å². The highest BCUT2D eigenvalue weighted by molar-refractivity contribution is 7.88. The second kappa shape index (κ2) is 7.18. The van der Waals surface area contributed by atoms with E-state index < -0.39 is 15.9 Å². The molecule has 0 aliphatic heterocycles. The summed E-state index contributed by atoms with van der Waals surface area (Å²) in [6.07, 6.45) is 9.80. The third-order valence-corrected chi connectivity index (χ3v) is 5.02. The number of amides is 1. The highest BCUT2D eigenvalue weighted by atomic mass is 35.5. The predicted molar refractivity (Wildman–Crippen MR) is 98.8 cm³/mol. The monoisotopic (exact) mass is 395 g/mol. The van der Waals surface area contributed by atoms with Crippen molar-refractivity contribution in [1.29, 1.82) is 0 Å². The van der Waals surface area contributed by atoms with Crippen LogP contribution in [0.1, 0.15) is 6.42 Å². The summed E-state index contributed by atoms with van der Waals surface area (Å²) < 4.78 is 26.7. The molecule has 1 aliphatic carbocycles. The fourth-order valence-electron chi connectivity index (χ4n) is 2.80. The van der Waals surface area contributed by atoms with Gasteiger partial charge in [-0.25, -0.2) is 17.8 Å². The summed E-state index contributed by atoms with van der Waals surface area (Å²) >= 11 is 6.20. The molecular weight excluding hydrogens is 378 g/mol.